The Kier molecular flexibility index (Phi) is 3.42. The van der Waals surface area contributed by atoms with Gasteiger partial charge in [-0.25, -0.2) is 4.98 Å². The number of nitrogens with zero attached hydrogens (tertiary/aromatic N) is 2. The zero-order valence-corrected chi connectivity index (χ0v) is 10.1. The minimum atomic E-state index is 0.212. The van der Waals surface area contributed by atoms with Crippen LogP contribution in [-0.2, 0) is 7.05 Å². The van der Waals surface area contributed by atoms with E-state index < -0.39 is 0 Å². The number of aromatic nitrogens is 2. The Balaban J connectivity index is 2.00. The standard InChI is InChI=1S/C13H20N2O/c1-3-10-4-6-11(7-5-10)12(16)13-14-8-9-15(13)2/h8-11H,3-7H2,1-2H3. The van der Waals surface area contributed by atoms with Gasteiger partial charge in [-0.3, -0.25) is 4.79 Å². The van der Waals surface area contributed by atoms with Crippen molar-refractivity contribution < 1.29 is 4.79 Å². The highest BCUT2D eigenvalue weighted by Crippen LogP contribution is 2.32. The van der Waals surface area contributed by atoms with Gasteiger partial charge in [0.1, 0.15) is 0 Å². The van der Waals surface area contributed by atoms with E-state index >= 15 is 0 Å². The molecule has 1 saturated carbocycles. The third kappa shape index (κ3) is 2.18. The molecule has 0 aromatic carbocycles. The maximum atomic E-state index is 12.2. The van der Waals surface area contributed by atoms with E-state index in [0.717, 1.165) is 18.8 Å². The Bertz CT molecular complexity index is 362. The molecule has 1 heterocycles. The maximum Gasteiger partial charge on any atom is 0.201 e. The molecule has 0 saturated heterocycles. The average molecular weight is 220 g/mol. The van der Waals surface area contributed by atoms with E-state index in [0.29, 0.717) is 5.82 Å². The van der Waals surface area contributed by atoms with Crippen molar-refractivity contribution in [1.82, 2.24) is 9.55 Å². The van der Waals surface area contributed by atoms with Gasteiger partial charge in [0.15, 0.2) is 5.82 Å². The van der Waals surface area contributed by atoms with Gasteiger partial charge in [-0.15, -0.1) is 0 Å². The number of carbonyl (C=O) groups is 1. The van der Waals surface area contributed by atoms with Crippen molar-refractivity contribution in [2.45, 2.75) is 39.0 Å². The molecule has 0 N–H and O–H groups in total. The lowest BCUT2D eigenvalue weighted by molar-refractivity contribution is 0.0857. The molecule has 0 aliphatic heterocycles. The number of ketones is 1. The number of aryl methyl sites for hydroxylation is 1. The van der Waals surface area contributed by atoms with Crippen LogP contribution in [0.15, 0.2) is 12.4 Å². The van der Waals surface area contributed by atoms with Gasteiger partial charge in [-0.05, 0) is 31.6 Å². The number of imidazole rings is 1. The zero-order valence-electron chi connectivity index (χ0n) is 10.1. The largest absolute Gasteiger partial charge is 0.332 e. The molecule has 3 heteroatoms. The molecular weight excluding hydrogens is 200 g/mol. The van der Waals surface area contributed by atoms with Gasteiger partial charge in [0, 0.05) is 25.4 Å². The first-order valence-corrected chi connectivity index (χ1v) is 6.24. The van der Waals surface area contributed by atoms with Gasteiger partial charge in [0.05, 0.1) is 0 Å². The summed E-state index contributed by atoms with van der Waals surface area (Å²) < 4.78 is 1.83. The van der Waals surface area contributed by atoms with E-state index in [1.54, 1.807) is 6.20 Å². The van der Waals surface area contributed by atoms with Crippen molar-refractivity contribution in [3.63, 3.8) is 0 Å². The summed E-state index contributed by atoms with van der Waals surface area (Å²) >= 11 is 0. The predicted molar refractivity (Wildman–Crippen MR) is 63.3 cm³/mol. The monoisotopic (exact) mass is 220 g/mol. The molecule has 0 atom stereocenters. The molecule has 0 bridgehead atoms. The minimum absolute atomic E-state index is 0.212. The summed E-state index contributed by atoms with van der Waals surface area (Å²) in [6.45, 7) is 2.24. The zero-order chi connectivity index (χ0) is 11.5. The Hall–Kier alpha value is -1.12. The second-order valence-electron chi connectivity index (χ2n) is 4.85. The lowest BCUT2D eigenvalue weighted by Gasteiger charge is -2.26. The van der Waals surface area contributed by atoms with Crippen molar-refractivity contribution in [1.29, 1.82) is 0 Å². The van der Waals surface area contributed by atoms with E-state index in [1.807, 2.05) is 17.8 Å². The average Bonchev–Trinajstić information content (AvgIpc) is 2.75. The summed E-state index contributed by atoms with van der Waals surface area (Å²) in [5, 5.41) is 0. The van der Waals surface area contributed by atoms with Crippen molar-refractivity contribution in [2.75, 3.05) is 0 Å². The third-order valence-corrected chi connectivity index (χ3v) is 3.84. The molecule has 16 heavy (non-hydrogen) atoms. The summed E-state index contributed by atoms with van der Waals surface area (Å²) in [6.07, 6.45) is 9.29. The molecule has 0 radical (unpaired) electrons. The van der Waals surface area contributed by atoms with Crippen LogP contribution < -0.4 is 0 Å². The molecule has 1 aliphatic rings. The molecule has 1 aromatic rings. The summed E-state index contributed by atoms with van der Waals surface area (Å²) in [4.78, 5) is 16.3. The van der Waals surface area contributed by atoms with Crippen LogP contribution in [0.3, 0.4) is 0 Å². The van der Waals surface area contributed by atoms with Crippen LogP contribution in [0.1, 0.15) is 49.6 Å². The number of Topliss-reactive ketones (excluding diaryl/α,β-unsaturated/α-hetero) is 1. The van der Waals surface area contributed by atoms with Crippen LogP contribution in [0, 0.1) is 11.8 Å². The SMILES string of the molecule is CCC1CCC(C(=O)c2nccn2C)CC1. The highest BCUT2D eigenvalue weighted by molar-refractivity contribution is 5.94. The van der Waals surface area contributed by atoms with Gasteiger partial charge in [0.25, 0.3) is 0 Å². The first kappa shape index (κ1) is 11.4. The van der Waals surface area contributed by atoms with Crippen LogP contribution in [0.2, 0.25) is 0 Å². The van der Waals surface area contributed by atoms with Crippen LogP contribution in [0.25, 0.3) is 0 Å². The van der Waals surface area contributed by atoms with Crippen LogP contribution in [0.4, 0.5) is 0 Å². The predicted octanol–water partition coefficient (Wildman–Crippen LogP) is 2.82. The number of hydrogen-bond acceptors (Lipinski definition) is 2. The van der Waals surface area contributed by atoms with Crippen LogP contribution >= 0.6 is 0 Å². The van der Waals surface area contributed by atoms with Gasteiger partial charge in [-0.2, -0.15) is 0 Å². The second-order valence-corrected chi connectivity index (χ2v) is 4.85. The molecular formula is C13H20N2O. The van der Waals surface area contributed by atoms with E-state index in [4.69, 9.17) is 0 Å². The number of rotatable bonds is 3. The van der Waals surface area contributed by atoms with Crippen molar-refractivity contribution in [3.8, 4) is 0 Å². The van der Waals surface area contributed by atoms with E-state index in [1.165, 1.54) is 19.3 Å². The van der Waals surface area contributed by atoms with Crippen molar-refractivity contribution >= 4 is 5.78 Å². The third-order valence-electron chi connectivity index (χ3n) is 3.84. The fraction of sp³-hybridized carbons (Fsp3) is 0.692. The summed E-state index contributed by atoms with van der Waals surface area (Å²) in [5.41, 5.74) is 0. The molecule has 1 fully saturated rings. The molecule has 0 amide bonds. The molecule has 2 rings (SSSR count). The van der Waals surface area contributed by atoms with E-state index in [9.17, 15) is 4.79 Å². The molecule has 88 valence electrons. The lowest BCUT2D eigenvalue weighted by Crippen LogP contribution is -2.23. The summed E-state index contributed by atoms with van der Waals surface area (Å²) in [6, 6.07) is 0. The molecule has 0 unspecified atom stereocenters. The lowest BCUT2D eigenvalue weighted by atomic mass is 9.79. The van der Waals surface area contributed by atoms with E-state index in [-0.39, 0.29) is 11.7 Å². The Morgan fingerprint density at radius 2 is 2.12 bits per heavy atom. The first-order valence-electron chi connectivity index (χ1n) is 6.24. The summed E-state index contributed by atoms with van der Waals surface area (Å²) in [7, 11) is 1.89. The normalized spacial score (nSPS) is 25.6. The molecule has 0 spiro atoms. The van der Waals surface area contributed by atoms with Crippen LogP contribution in [0.5, 0.6) is 0 Å². The fourth-order valence-corrected chi connectivity index (χ4v) is 2.62. The smallest absolute Gasteiger partial charge is 0.201 e. The van der Waals surface area contributed by atoms with Gasteiger partial charge in [-0.1, -0.05) is 13.3 Å². The van der Waals surface area contributed by atoms with Gasteiger partial charge in [0.2, 0.25) is 5.78 Å². The van der Waals surface area contributed by atoms with Crippen molar-refractivity contribution in [3.05, 3.63) is 18.2 Å². The Labute approximate surface area is 96.9 Å². The Morgan fingerprint density at radius 1 is 1.44 bits per heavy atom. The highest BCUT2D eigenvalue weighted by atomic mass is 16.1. The highest BCUT2D eigenvalue weighted by Gasteiger charge is 2.27. The second kappa shape index (κ2) is 4.81. The molecule has 3 nitrogen and oxygen atoms in total. The first-order chi connectivity index (χ1) is 7.72. The molecule has 1 aliphatic carbocycles. The topological polar surface area (TPSA) is 34.9 Å². The van der Waals surface area contributed by atoms with Gasteiger partial charge >= 0.3 is 0 Å². The minimum Gasteiger partial charge on any atom is -0.332 e. The van der Waals surface area contributed by atoms with E-state index in [2.05, 4.69) is 11.9 Å². The number of carbonyl (C=O) groups excluding carboxylic acids is 1. The molecule has 1 aromatic heterocycles. The van der Waals surface area contributed by atoms with Crippen LogP contribution in [-0.4, -0.2) is 15.3 Å². The summed E-state index contributed by atoms with van der Waals surface area (Å²) in [5.74, 6) is 1.91. The number of hydrogen-bond donors (Lipinski definition) is 0. The van der Waals surface area contributed by atoms with Crippen molar-refractivity contribution in [2.24, 2.45) is 18.9 Å². The quantitative estimate of drug-likeness (QED) is 0.734. The fourth-order valence-electron chi connectivity index (χ4n) is 2.62. The Morgan fingerprint density at radius 3 is 2.62 bits per heavy atom. The van der Waals surface area contributed by atoms with Gasteiger partial charge < -0.3 is 4.57 Å². The maximum absolute atomic E-state index is 12.2.